The van der Waals surface area contributed by atoms with Crippen LogP contribution in [0, 0.1) is 5.92 Å². The lowest BCUT2D eigenvalue weighted by Crippen LogP contribution is -2.44. The third-order valence-corrected chi connectivity index (χ3v) is 6.68. The molecule has 1 atom stereocenters. The Kier molecular flexibility index (Phi) is 7.25. The lowest BCUT2D eigenvalue weighted by atomic mass is 10.1. The zero-order valence-corrected chi connectivity index (χ0v) is 15.8. The first-order valence-corrected chi connectivity index (χ1v) is 10.1. The molecule has 4 heteroatoms. The van der Waals surface area contributed by atoms with Crippen molar-refractivity contribution in [2.24, 2.45) is 5.92 Å². The minimum Gasteiger partial charge on any atom is -0.300 e. The summed E-state index contributed by atoms with van der Waals surface area (Å²) in [6.45, 7) is 14.7. The number of hydrogen-bond donors (Lipinski definition) is 0. The van der Waals surface area contributed by atoms with Crippen molar-refractivity contribution < 1.29 is 4.21 Å². The molecule has 2 rings (SSSR count). The van der Waals surface area contributed by atoms with E-state index in [4.69, 9.17) is 0 Å². The predicted molar refractivity (Wildman–Crippen MR) is 100 cm³/mol. The highest BCUT2D eigenvalue weighted by molar-refractivity contribution is 7.86. The smallest absolute Gasteiger partial charge is 0.127 e. The van der Waals surface area contributed by atoms with Gasteiger partial charge in [-0.25, -0.2) is 8.51 Å². The molecule has 2 saturated heterocycles. The van der Waals surface area contributed by atoms with Crippen molar-refractivity contribution in [1.29, 1.82) is 0 Å². The van der Waals surface area contributed by atoms with E-state index in [9.17, 15) is 4.21 Å². The topological polar surface area (TPSA) is 23.6 Å². The van der Waals surface area contributed by atoms with E-state index in [0.717, 1.165) is 30.8 Å². The summed E-state index contributed by atoms with van der Waals surface area (Å²) in [5.41, 5.74) is 1.30. The van der Waals surface area contributed by atoms with Gasteiger partial charge >= 0.3 is 0 Å². The van der Waals surface area contributed by atoms with Crippen LogP contribution < -0.4 is 0 Å². The SMILES string of the molecule is C=C/C(=C\C=C(/C)C(C)C)S(=O)N1CCC(N2CCCC2)CC1. The van der Waals surface area contributed by atoms with Gasteiger partial charge in [0.05, 0.1) is 4.91 Å². The third-order valence-electron chi connectivity index (χ3n) is 5.14. The maximum atomic E-state index is 12.8. The van der Waals surface area contributed by atoms with Gasteiger partial charge in [0.2, 0.25) is 0 Å². The molecule has 3 nitrogen and oxygen atoms in total. The maximum Gasteiger partial charge on any atom is 0.127 e. The van der Waals surface area contributed by atoms with Gasteiger partial charge in [0, 0.05) is 19.1 Å². The van der Waals surface area contributed by atoms with Crippen molar-refractivity contribution in [3.63, 3.8) is 0 Å². The lowest BCUT2D eigenvalue weighted by molar-refractivity contribution is 0.171. The molecule has 130 valence electrons. The third kappa shape index (κ3) is 5.13. The van der Waals surface area contributed by atoms with Crippen molar-refractivity contribution in [1.82, 2.24) is 9.21 Å². The zero-order chi connectivity index (χ0) is 16.8. The van der Waals surface area contributed by atoms with Crippen LogP contribution in [0.5, 0.6) is 0 Å². The molecular weight excluding hydrogens is 304 g/mol. The molecule has 2 heterocycles. The fourth-order valence-electron chi connectivity index (χ4n) is 3.23. The number of rotatable bonds is 6. The molecular formula is C19H32N2OS. The summed E-state index contributed by atoms with van der Waals surface area (Å²) in [4.78, 5) is 3.45. The molecule has 0 spiro atoms. The van der Waals surface area contributed by atoms with Gasteiger partial charge < -0.3 is 4.90 Å². The Morgan fingerprint density at radius 3 is 2.26 bits per heavy atom. The average Bonchev–Trinajstić information content (AvgIpc) is 3.09. The Bertz CT molecular complexity index is 482. The molecule has 2 aliphatic heterocycles. The molecule has 0 radical (unpaired) electrons. The quantitative estimate of drug-likeness (QED) is 0.687. The van der Waals surface area contributed by atoms with Crippen LogP contribution in [0.25, 0.3) is 0 Å². The fraction of sp³-hybridized carbons (Fsp3) is 0.684. The van der Waals surface area contributed by atoms with Crippen LogP contribution in [-0.2, 0) is 11.0 Å². The molecule has 0 amide bonds. The van der Waals surface area contributed by atoms with Crippen molar-refractivity contribution in [3.8, 4) is 0 Å². The van der Waals surface area contributed by atoms with Crippen molar-refractivity contribution in [2.75, 3.05) is 26.2 Å². The van der Waals surface area contributed by atoms with Crippen LogP contribution in [0.2, 0.25) is 0 Å². The summed E-state index contributed by atoms with van der Waals surface area (Å²) in [5.74, 6) is 0.516. The molecule has 0 aromatic carbocycles. The Hall–Kier alpha value is -0.710. The molecule has 0 N–H and O–H groups in total. The van der Waals surface area contributed by atoms with E-state index in [1.165, 1.54) is 31.5 Å². The van der Waals surface area contributed by atoms with E-state index in [1.807, 2.05) is 6.08 Å². The lowest BCUT2D eigenvalue weighted by Gasteiger charge is -2.35. The molecule has 0 saturated carbocycles. The van der Waals surface area contributed by atoms with Crippen molar-refractivity contribution in [2.45, 2.75) is 52.5 Å². The second kappa shape index (κ2) is 8.95. The van der Waals surface area contributed by atoms with Crippen LogP contribution in [0.3, 0.4) is 0 Å². The van der Waals surface area contributed by atoms with E-state index in [-0.39, 0.29) is 0 Å². The Morgan fingerprint density at radius 2 is 1.74 bits per heavy atom. The van der Waals surface area contributed by atoms with Gasteiger partial charge in [-0.3, -0.25) is 0 Å². The summed E-state index contributed by atoms with van der Waals surface area (Å²) in [6.07, 6.45) is 10.8. The Morgan fingerprint density at radius 1 is 1.13 bits per heavy atom. The maximum absolute atomic E-state index is 12.8. The van der Waals surface area contributed by atoms with Gasteiger partial charge in [-0.1, -0.05) is 38.2 Å². The molecule has 2 fully saturated rings. The van der Waals surface area contributed by atoms with E-state index in [1.54, 1.807) is 6.08 Å². The van der Waals surface area contributed by atoms with Crippen LogP contribution in [0.4, 0.5) is 0 Å². The predicted octanol–water partition coefficient (Wildman–Crippen LogP) is 3.88. The normalized spacial score (nSPS) is 24.3. The molecule has 1 unspecified atom stereocenters. The summed E-state index contributed by atoms with van der Waals surface area (Å²) >= 11 is 0. The summed E-state index contributed by atoms with van der Waals surface area (Å²) in [7, 11) is -1.08. The minimum atomic E-state index is -1.08. The molecule has 0 aromatic rings. The summed E-state index contributed by atoms with van der Waals surface area (Å²) in [5, 5.41) is 0. The van der Waals surface area contributed by atoms with E-state index >= 15 is 0 Å². The van der Waals surface area contributed by atoms with Gasteiger partial charge in [-0.15, -0.1) is 0 Å². The first-order chi connectivity index (χ1) is 11.0. The monoisotopic (exact) mass is 336 g/mol. The molecule has 23 heavy (non-hydrogen) atoms. The first-order valence-electron chi connectivity index (χ1n) is 8.94. The van der Waals surface area contributed by atoms with E-state index < -0.39 is 11.0 Å². The van der Waals surface area contributed by atoms with Gasteiger partial charge in [0.15, 0.2) is 0 Å². The minimum absolute atomic E-state index is 0.516. The second-order valence-corrected chi connectivity index (χ2v) is 8.48. The standard InChI is InChI=1S/C19H32N2OS/c1-5-19(9-8-17(4)16(2)3)23(22)21-14-10-18(11-15-21)20-12-6-7-13-20/h5,8-9,16,18H,1,6-7,10-15H2,2-4H3/b17-8+,19-9+. The van der Waals surface area contributed by atoms with Crippen LogP contribution in [0.1, 0.15) is 46.5 Å². The number of nitrogens with zero attached hydrogens (tertiary/aromatic N) is 2. The number of likely N-dealkylation sites (tertiary alicyclic amines) is 1. The van der Waals surface area contributed by atoms with Gasteiger partial charge in [0.25, 0.3) is 0 Å². The number of piperidine rings is 1. The molecule has 0 aromatic heterocycles. The Labute approximate surface area is 144 Å². The first kappa shape index (κ1) is 18.6. The fourth-order valence-corrected chi connectivity index (χ4v) is 4.40. The Balaban J connectivity index is 1.93. The number of allylic oxidation sites excluding steroid dienone is 4. The highest BCUT2D eigenvalue weighted by Gasteiger charge is 2.28. The molecule has 2 aliphatic rings. The van der Waals surface area contributed by atoms with E-state index in [0.29, 0.717) is 12.0 Å². The van der Waals surface area contributed by atoms with Crippen molar-refractivity contribution in [3.05, 3.63) is 35.3 Å². The van der Waals surface area contributed by atoms with Crippen molar-refractivity contribution >= 4 is 11.0 Å². The summed E-state index contributed by atoms with van der Waals surface area (Å²) < 4.78 is 14.9. The highest BCUT2D eigenvalue weighted by atomic mass is 32.2. The van der Waals surface area contributed by atoms with Crippen LogP contribution >= 0.6 is 0 Å². The molecule has 0 aliphatic carbocycles. The second-order valence-electron chi connectivity index (χ2n) is 6.99. The average molecular weight is 337 g/mol. The van der Waals surface area contributed by atoms with Crippen LogP contribution in [-0.4, -0.2) is 45.6 Å². The van der Waals surface area contributed by atoms with E-state index in [2.05, 4.69) is 42.6 Å². The zero-order valence-electron chi connectivity index (χ0n) is 15.0. The molecule has 0 bridgehead atoms. The summed E-state index contributed by atoms with van der Waals surface area (Å²) in [6, 6.07) is 0.699. The largest absolute Gasteiger partial charge is 0.300 e. The van der Waals surface area contributed by atoms with Gasteiger partial charge in [-0.2, -0.15) is 0 Å². The number of hydrogen-bond acceptors (Lipinski definition) is 2. The van der Waals surface area contributed by atoms with Crippen LogP contribution in [0.15, 0.2) is 35.3 Å². The van der Waals surface area contributed by atoms with Gasteiger partial charge in [0.1, 0.15) is 11.0 Å². The van der Waals surface area contributed by atoms with Gasteiger partial charge in [-0.05, 0) is 57.7 Å². The highest BCUT2D eigenvalue weighted by Crippen LogP contribution is 2.23.